The fourth-order valence-electron chi connectivity index (χ4n) is 2.07. The third kappa shape index (κ3) is 4.65. The number of nitrogens with zero attached hydrogens (tertiary/aromatic N) is 2. The number of rotatable bonds is 5. The predicted molar refractivity (Wildman–Crippen MR) is 94.6 cm³/mol. The van der Waals surface area contributed by atoms with Gasteiger partial charge in [-0.15, -0.1) is 0 Å². The van der Waals surface area contributed by atoms with E-state index in [1.165, 1.54) is 24.3 Å². The molecule has 2 aromatic carbocycles. The number of hydrazone groups is 1. The summed E-state index contributed by atoms with van der Waals surface area (Å²) in [5.41, 5.74) is 5.35. The van der Waals surface area contributed by atoms with Crippen molar-refractivity contribution >= 4 is 29.0 Å². The van der Waals surface area contributed by atoms with Crippen LogP contribution in [-0.2, 0) is 4.79 Å². The summed E-state index contributed by atoms with van der Waals surface area (Å²) < 4.78 is 0. The number of nitriles is 1. The third-order valence-electron chi connectivity index (χ3n) is 3.38. The molecule has 25 heavy (non-hydrogen) atoms. The van der Waals surface area contributed by atoms with Crippen molar-refractivity contribution < 1.29 is 14.7 Å². The van der Waals surface area contributed by atoms with Crippen molar-refractivity contribution in [3.8, 4) is 6.07 Å². The molecule has 0 saturated carbocycles. The molecule has 0 aliphatic carbocycles. The maximum Gasteiger partial charge on any atom is 0.335 e. The zero-order valence-corrected chi connectivity index (χ0v) is 13.7. The van der Waals surface area contributed by atoms with Crippen LogP contribution in [0.15, 0.2) is 47.6 Å². The van der Waals surface area contributed by atoms with E-state index in [1.54, 1.807) is 12.1 Å². The molecule has 0 heterocycles. The fourth-order valence-corrected chi connectivity index (χ4v) is 2.07. The lowest BCUT2D eigenvalue weighted by Gasteiger charge is -2.08. The number of amides is 1. The topological polar surface area (TPSA) is 115 Å². The summed E-state index contributed by atoms with van der Waals surface area (Å²) in [5, 5.41) is 24.4. The first-order valence-corrected chi connectivity index (χ1v) is 7.36. The minimum Gasteiger partial charge on any atom is -0.478 e. The Labute approximate surface area is 144 Å². The van der Waals surface area contributed by atoms with Gasteiger partial charge in [0.15, 0.2) is 0 Å². The van der Waals surface area contributed by atoms with Crippen molar-refractivity contribution in [3.05, 3.63) is 59.2 Å². The molecule has 0 fully saturated rings. The molecular weight excluding hydrogens is 320 g/mol. The van der Waals surface area contributed by atoms with Crippen LogP contribution in [0.25, 0.3) is 0 Å². The number of aryl methyl sites for hydroxylation is 2. The lowest BCUT2D eigenvalue weighted by molar-refractivity contribution is -0.110. The van der Waals surface area contributed by atoms with Gasteiger partial charge in [-0.05, 0) is 49.7 Å². The Morgan fingerprint density at radius 1 is 1.12 bits per heavy atom. The van der Waals surface area contributed by atoms with E-state index in [9.17, 15) is 9.59 Å². The minimum atomic E-state index is -1.04. The number of aromatic carboxylic acids is 1. The SMILES string of the molecule is Cc1ccc(NC(=O)/C(C#N)=N\Nc2ccc(C(=O)O)cc2)c(C)c1. The largest absolute Gasteiger partial charge is 0.478 e. The Balaban J connectivity index is 2.09. The molecule has 2 rings (SSSR count). The molecule has 7 heteroatoms. The summed E-state index contributed by atoms with van der Waals surface area (Å²) in [6.45, 7) is 3.80. The van der Waals surface area contributed by atoms with Crippen molar-refractivity contribution in [2.75, 3.05) is 10.7 Å². The number of hydrogen-bond donors (Lipinski definition) is 3. The van der Waals surface area contributed by atoms with E-state index in [0.717, 1.165) is 11.1 Å². The van der Waals surface area contributed by atoms with E-state index in [0.29, 0.717) is 11.4 Å². The van der Waals surface area contributed by atoms with Crippen LogP contribution < -0.4 is 10.7 Å². The average Bonchev–Trinajstić information content (AvgIpc) is 2.58. The van der Waals surface area contributed by atoms with Gasteiger partial charge in [0.05, 0.1) is 11.3 Å². The molecular formula is C18H16N4O3. The van der Waals surface area contributed by atoms with Gasteiger partial charge in [-0.1, -0.05) is 17.7 Å². The summed E-state index contributed by atoms with van der Waals surface area (Å²) in [6, 6.07) is 13.0. The summed E-state index contributed by atoms with van der Waals surface area (Å²) in [4.78, 5) is 23.0. The Bertz CT molecular complexity index is 880. The van der Waals surface area contributed by atoms with E-state index in [4.69, 9.17) is 10.4 Å². The van der Waals surface area contributed by atoms with Crippen LogP contribution in [0.2, 0.25) is 0 Å². The smallest absolute Gasteiger partial charge is 0.335 e. The van der Waals surface area contributed by atoms with E-state index in [-0.39, 0.29) is 11.3 Å². The van der Waals surface area contributed by atoms with Crippen LogP contribution >= 0.6 is 0 Å². The highest BCUT2D eigenvalue weighted by molar-refractivity contribution is 6.48. The molecule has 0 aliphatic heterocycles. The third-order valence-corrected chi connectivity index (χ3v) is 3.38. The second kappa shape index (κ2) is 7.75. The molecule has 2 aromatic rings. The van der Waals surface area contributed by atoms with Crippen LogP contribution in [0.3, 0.4) is 0 Å². The van der Waals surface area contributed by atoms with Gasteiger partial charge in [0.2, 0.25) is 5.71 Å². The first-order chi connectivity index (χ1) is 11.9. The number of carboxylic acids is 1. The van der Waals surface area contributed by atoms with Crippen molar-refractivity contribution in [2.45, 2.75) is 13.8 Å². The second-order valence-electron chi connectivity index (χ2n) is 5.34. The summed E-state index contributed by atoms with van der Waals surface area (Å²) in [6.07, 6.45) is 0. The van der Waals surface area contributed by atoms with E-state index in [1.807, 2.05) is 26.0 Å². The quantitative estimate of drug-likeness (QED) is 0.573. The number of benzene rings is 2. The summed E-state index contributed by atoms with van der Waals surface area (Å²) in [5.74, 6) is -1.68. The normalized spacial score (nSPS) is 10.7. The zero-order valence-electron chi connectivity index (χ0n) is 13.7. The predicted octanol–water partition coefficient (Wildman–Crippen LogP) is 2.93. The van der Waals surface area contributed by atoms with Gasteiger partial charge in [-0.25, -0.2) is 4.79 Å². The highest BCUT2D eigenvalue weighted by Gasteiger charge is 2.12. The van der Waals surface area contributed by atoms with Crippen LogP contribution in [0.4, 0.5) is 11.4 Å². The van der Waals surface area contributed by atoms with Crippen LogP contribution in [0, 0.1) is 25.2 Å². The first-order valence-electron chi connectivity index (χ1n) is 7.36. The van der Waals surface area contributed by atoms with Crippen LogP contribution in [0.5, 0.6) is 0 Å². The zero-order chi connectivity index (χ0) is 18.4. The Kier molecular flexibility index (Phi) is 5.48. The number of nitrogens with one attached hydrogen (secondary N) is 2. The van der Waals surface area contributed by atoms with Gasteiger partial charge < -0.3 is 10.4 Å². The summed E-state index contributed by atoms with van der Waals surface area (Å²) >= 11 is 0. The van der Waals surface area contributed by atoms with E-state index >= 15 is 0 Å². The van der Waals surface area contributed by atoms with Gasteiger partial charge >= 0.3 is 5.97 Å². The number of anilines is 2. The molecule has 3 N–H and O–H groups in total. The highest BCUT2D eigenvalue weighted by Crippen LogP contribution is 2.16. The van der Waals surface area contributed by atoms with Gasteiger partial charge in [-0.2, -0.15) is 10.4 Å². The minimum absolute atomic E-state index is 0.127. The molecule has 1 amide bonds. The molecule has 0 spiro atoms. The maximum absolute atomic E-state index is 12.2. The van der Waals surface area contributed by atoms with Gasteiger partial charge in [0, 0.05) is 5.69 Å². The monoisotopic (exact) mass is 336 g/mol. The van der Waals surface area contributed by atoms with Crippen molar-refractivity contribution in [1.29, 1.82) is 5.26 Å². The van der Waals surface area contributed by atoms with E-state index < -0.39 is 11.9 Å². The van der Waals surface area contributed by atoms with Crippen molar-refractivity contribution in [3.63, 3.8) is 0 Å². The Morgan fingerprint density at radius 2 is 1.80 bits per heavy atom. The molecule has 0 saturated heterocycles. The number of carboxylic acid groups (broad SMARTS) is 1. The summed E-state index contributed by atoms with van der Waals surface area (Å²) in [7, 11) is 0. The van der Waals surface area contributed by atoms with Crippen LogP contribution in [-0.4, -0.2) is 22.7 Å². The standard InChI is InChI=1S/C18H16N4O3/c1-11-3-8-15(12(2)9-11)20-17(23)16(10-19)22-21-14-6-4-13(5-7-14)18(24)25/h3-9,21H,1-2H3,(H,20,23)(H,24,25)/b22-16-. The van der Waals surface area contributed by atoms with E-state index in [2.05, 4.69) is 15.8 Å². The van der Waals surface area contributed by atoms with Crippen molar-refractivity contribution in [1.82, 2.24) is 0 Å². The molecule has 126 valence electrons. The average molecular weight is 336 g/mol. The number of carbonyl (C=O) groups excluding carboxylic acids is 1. The fraction of sp³-hybridized carbons (Fsp3) is 0.111. The molecule has 0 bridgehead atoms. The molecule has 0 aliphatic rings. The Hall–Kier alpha value is -3.66. The van der Waals surface area contributed by atoms with Gasteiger partial charge in [0.1, 0.15) is 6.07 Å². The number of carbonyl (C=O) groups is 2. The first kappa shape index (κ1) is 17.7. The van der Waals surface area contributed by atoms with Gasteiger partial charge in [0.25, 0.3) is 5.91 Å². The molecule has 7 nitrogen and oxygen atoms in total. The van der Waals surface area contributed by atoms with Gasteiger partial charge in [-0.3, -0.25) is 10.2 Å². The lowest BCUT2D eigenvalue weighted by atomic mass is 10.1. The van der Waals surface area contributed by atoms with Crippen LogP contribution in [0.1, 0.15) is 21.5 Å². The number of hydrogen-bond acceptors (Lipinski definition) is 5. The van der Waals surface area contributed by atoms with Crippen molar-refractivity contribution in [2.24, 2.45) is 5.10 Å². The maximum atomic E-state index is 12.2. The Morgan fingerprint density at radius 3 is 2.36 bits per heavy atom. The molecule has 0 unspecified atom stereocenters. The highest BCUT2D eigenvalue weighted by atomic mass is 16.4. The lowest BCUT2D eigenvalue weighted by Crippen LogP contribution is -2.23. The molecule has 0 radical (unpaired) electrons. The molecule has 0 atom stereocenters. The second-order valence-corrected chi connectivity index (χ2v) is 5.34. The molecule has 0 aromatic heterocycles.